The maximum absolute atomic E-state index is 5.80. The minimum absolute atomic E-state index is 0. The zero-order chi connectivity index (χ0) is 13.2. The van der Waals surface area contributed by atoms with Crippen LogP contribution in [-0.4, -0.2) is 17.0 Å². The smallest absolute Gasteiger partial charge is 0.119 e. The van der Waals surface area contributed by atoms with E-state index in [1.165, 1.54) is 0 Å². The summed E-state index contributed by atoms with van der Waals surface area (Å²) in [5.74, 6) is 0.830. The van der Waals surface area contributed by atoms with Gasteiger partial charge in [0.1, 0.15) is 12.1 Å². The van der Waals surface area contributed by atoms with Gasteiger partial charge >= 0.3 is 0 Å². The fourth-order valence-corrected chi connectivity index (χ4v) is 2.04. The van der Waals surface area contributed by atoms with Gasteiger partial charge in [0, 0.05) is 33.8 Å². The van der Waals surface area contributed by atoms with Crippen molar-refractivity contribution in [2.45, 2.75) is 0 Å². The fraction of sp³-hybridized carbons (Fsp3) is 0.0667. The third kappa shape index (κ3) is 2.66. The number of hydrogen-bond donors (Lipinski definition) is 1. The second-order valence-corrected chi connectivity index (χ2v) is 4.28. The van der Waals surface area contributed by atoms with Crippen LogP contribution >= 0.6 is 0 Å². The Bertz CT molecular complexity index is 715. The van der Waals surface area contributed by atoms with Crippen molar-refractivity contribution in [1.82, 2.24) is 9.97 Å². The molecule has 5 heteroatoms. The molecule has 3 aromatic rings. The minimum atomic E-state index is 0. The molecule has 0 aliphatic heterocycles. The van der Waals surface area contributed by atoms with Crippen molar-refractivity contribution in [1.29, 1.82) is 0 Å². The second kappa shape index (κ2) is 6.01. The van der Waals surface area contributed by atoms with Crippen LogP contribution in [0.3, 0.4) is 0 Å². The van der Waals surface area contributed by atoms with Gasteiger partial charge in [-0.1, -0.05) is 29.3 Å². The number of benzene rings is 2. The Balaban J connectivity index is 0.00000147. The molecule has 0 amide bonds. The van der Waals surface area contributed by atoms with Gasteiger partial charge in [-0.3, -0.25) is 0 Å². The molecule has 0 aliphatic rings. The quantitative estimate of drug-likeness (QED) is 0.499. The zero-order valence-corrected chi connectivity index (χ0v) is 13.9. The van der Waals surface area contributed by atoms with E-state index < -0.39 is 0 Å². The average Bonchev–Trinajstić information content (AvgIpc) is 2.47. The van der Waals surface area contributed by atoms with Crippen LogP contribution in [0.1, 0.15) is 0 Å². The summed E-state index contributed by atoms with van der Waals surface area (Å²) >= 11 is 0. The molecule has 0 atom stereocenters. The van der Waals surface area contributed by atoms with Crippen molar-refractivity contribution in [2.24, 2.45) is 0 Å². The van der Waals surface area contributed by atoms with Crippen LogP contribution in [-0.2, 0) is 21.1 Å². The molecular formula is C15H13N4W-. The van der Waals surface area contributed by atoms with Crippen LogP contribution in [0, 0.1) is 6.07 Å². The Morgan fingerprint density at radius 3 is 2.65 bits per heavy atom. The van der Waals surface area contributed by atoms with Gasteiger partial charge in [-0.15, -0.1) is 12.1 Å². The number of fused-ring (bicyclic) bond motifs is 1. The zero-order valence-electron chi connectivity index (χ0n) is 10.9. The number of nitrogens with two attached hydrogens (primary N) is 1. The Morgan fingerprint density at radius 2 is 1.90 bits per heavy atom. The van der Waals surface area contributed by atoms with Crippen LogP contribution in [0.2, 0.25) is 0 Å². The number of nitrogens with zero attached hydrogens (tertiary/aromatic N) is 3. The second-order valence-electron chi connectivity index (χ2n) is 4.28. The monoisotopic (exact) mass is 433 g/mol. The molecule has 0 saturated carbocycles. The van der Waals surface area contributed by atoms with Crippen molar-refractivity contribution in [2.75, 3.05) is 17.7 Å². The molecular weight excluding hydrogens is 420 g/mol. The van der Waals surface area contributed by atoms with Crippen molar-refractivity contribution >= 4 is 28.1 Å². The first-order valence-electron chi connectivity index (χ1n) is 5.96. The molecule has 1 heterocycles. The van der Waals surface area contributed by atoms with Crippen molar-refractivity contribution in [3.8, 4) is 0 Å². The molecule has 3 rings (SSSR count). The fourth-order valence-electron chi connectivity index (χ4n) is 2.04. The predicted molar refractivity (Wildman–Crippen MR) is 77.3 cm³/mol. The van der Waals surface area contributed by atoms with E-state index in [-0.39, 0.29) is 21.1 Å². The van der Waals surface area contributed by atoms with E-state index in [0.717, 1.165) is 22.4 Å². The van der Waals surface area contributed by atoms with E-state index in [2.05, 4.69) is 16.0 Å². The Morgan fingerprint density at radius 1 is 1.15 bits per heavy atom. The number of aromatic nitrogens is 2. The summed E-state index contributed by atoms with van der Waals surface area (Å²) in [6.07, 6.45) is 1.56. The maximum atomic E-state index is 5.80. The van der Waals surface area contributed by atoms with E-state index in [4.69, 9.17) is 5.73 Å². The van der Waals surface area contributed by atoms with Gasteiger partial charge in [-0.05, 0) is 17.6 Å². The number of hydrogen-bond acceptors (Lipinski definition) is 4. The van der Waals surface area contributed by atoms with Crippen molar-refractivity contribution in [3.63, 3.8) is 0 Å². The Kier molecular flexibility index (Phi) is 4.35. The van der Waals surface area contributed by atoms with Crippen LogP contribution in [0.5, 0.6) is 0 Å². The average molecular weight is 433 g/mol. The SMILES string of the molecule is CN(c1ccccc1)c1ncnc2c[c-]c(N)cc12.[W]. The standard InChI is InChI=1S/C15H13N4.W/c1-19(12-5-3-2-4-6-12)15-13-9-11(16)7-8-14(13)17-10-18-15;/h2-6,8-10H,16H2,1H3;/q-1;. The van der Waals surface area contributed by atoms with Gasteiger partial charge in [0.05, 0.1) is 0 Å². The molecule has 0 spiro atoms. The molecule has 0 fully saturated rings. The molecule has 0 saturated heterocycles. The summed E-state index contributed by atoms with van der Waals surface area (Å²) in [7, 11) is 1.98. The molecule has 100 valence electrons. The summed E-state index contributed by atoms with van der Waals surface area (Å²) in [4.78, 5) is 10.6. The van der Waals surface area contributed by atoms with Gasteiger partial charge in [-0.25, -0.2) is 4.98 Å². The number of para-hydroxylation sites is 1. The summed E-state index contributed by atoms with van der Waals surface area (Å²) in [6.45, 7) is 0. The van der Waals surface area contributed by atoms with Gasteiger partial charge in [0.25, 0.3) is 0 Å². The predicted octanol–water partition coefficient (Wildman–Crippen LogP) is 2.78. The first-order valence-corrected chi connectivity index (χ1v) is 5.96. The Hall–Kier alpha value is -1.93. The summed E-state index contributed by atoms with van der Waals surface area (Å²) in [5.41, 5.74) is 8.29. The number of anilines is 3. The van der Waals surface area contributed by atoms with Crippen molar-refractivity contribution in [3.05, 3.63) is 54.9 Å². The molecule has 0 aliphatic carbocycles. The van der Waals surface area contributed by atoms with Crippen LogP contribution in [0.25, 0.3) is 10.9 Å². The van der Waals surface area contributed by atoms with Crippen LogP contribution in [0.15, 0.2) is 48.8 Å². The third-order valence-corrected chi connectivity index (χ3v) is 3.03. The summed E-state index contributed by atoms with van der Waals surface area (Å²) in [6, 6.07) is 16.6. The normalized spacial score (nSPS) is 10.1. The van der Waals surface area contributed by atoms with E-state index in [1.807, 2.05) is 48.3 Å². The van der Waals surface area contributed by atoms with E-state index >= 15 is 0 Å². The molecule has 0 unspecified atom stereocenters. The van der Waals surface area contributed by atoms with E-state index in [1.54, 1.807) is 12.4 Å². The van der Waals surface area contributed by atoms with Crippen molar-refractivity contribution < 1.29 is 21.1 Å². The molecule has 4 nitrogen and oxygen atoms in total. The molecule has 2 N–H and O–H groups in total. The van der Waals surface area contributed by atoms with Gasteiger partial charge in [-0.2, -0.15) is 6.07 Å². The molecule has 2 aromatic carbocycles. The van der Waals surface area contributed by atoms with Crippen LogP contribution in [0.4, 0.5) is 17.2 Å². The molecule has 0 radical (unpaired) electrons. The molecule has 20 heavy (non-hydrogen) atoms. The van der Waals surface area contributed by atoms with Gasteiger partial charge in [0.15, 0.2) is 0 Å². The maximum Gasteiger partial charge on any atom is 0.119 e. The molecule has 1 aromatic heterocycles. The summed E-state index contributed by atoms with van der Waals surface area (Å²) < 4.78 is 0. The minimum Gasteiger partial charge on any atom is -0.420 e. The first kappa shape index (κ1) is 14.5. The number of nitrogen functional groups attached to an aromatic ring is 1. The third-order valence-electron chi connectivity index (χ3n) is 3.03. The molecule has 0 bridgehead atoms. The Labute approximate surface area is 131 Å². The summed E-state index contributed by atoms with van der Waals surface area (Å²) in [5, 5.41) is 0.921. The topological polar surface area (TPSA) is 55.0 Å². The van der Waals surface area contributed by atoms with Crippen LogP contribution < -0.4 is 10.6 Å². The number of rotatable bonds is 2. The largest absolute Gasteiger partial charge is 0.420 e. The van der Waals surface area contributed by atoms with E-state index in [9.17, 15) is 0 Å². The van der Waals surface area contributed by atoms with Gasteiger partial charge in [0.2, 0.25) is 0 Å². The van der Waals surface area contributed by atoms with E-state index in [0.29, 0.717) is 5.69 Å². The van der Waals surface area contributed by atoms with Gasteiger partial charge < -0.3 is 15.6 Å². The first-order chi connectivity index (χ1) is 9.25.